The Labute approximate surface area is 157 Å². The average Bonchev–Trinajstić information content (AvgIpc) is 2.72. The molecule has 3 aromatic rings. The molecule has 0 atom stereocenters. The Morgan fingerprint density at radius 2 is 1.70 bits per heavy atom. The Bertz CT molecular complexity index is 989. The minimum absolute atomic E-state index is 0.141. The zero-order valence-electron chi connectivity index (χ0n) is 15.2. The number of rotatable bonds is 5. The molecule has 0 fully saturated rings. The third-order valence-electron chi connectivity index (χ3n) is 4.09. The molecule has 0 saturated heterocycles. The Morgan fingerprint density at radius 3 is 2.22 bits per heavy atom. The van der Waals surface area contributed by atoms with Gasteiger partial charge in [-0.05, 0) is 35.9 Å². The molecule has 136 valence electrons. The highest BCUT2D eigenvalue weighted by Gasteiger charge is 2.18. The van der Waals surface area contributed by atoms with E-state index in [1.807, 2.05) is 12.1 Å². The van der Waals surface area contributed by atoms with Gasteiger partial charge in [0.25, 0.3) is 0 Å². The summed E-state index contributed by atoms with van der Waals surface area (Å²) < 4.78 is 16.2. The summed E-state index contributed by atoms with van der Waals surface area (Å²) in [5, 5.41) is 9.61. The van der Waals surface area contributed by atoms with Crippen LogP contribution in [0.2, 0.25) is 0 Å². The smallest absolute Gasteiger partial charge is 0.203 e. The molecule has 27 heavy (non-hydrogen) atoms. The molecular weight excluding hydrogens is 344 g/mol. The van der Waals surface area contributed by atoms with Crippen molar-refractivity contribution in [1.29, 1.82) is 5.26 Å². The number of benzene rings is 1. The van der Waals surface area contributed by atoms with Crippen molar-refractivity contribution in [2.75, 3.05) is 27.1 Å². The van der Waals surface area contributed by atoms with E-state index in [0.717, 1.165) is 5.56 Å². The van der Waals surface area contributed by atoms with Crippen LogP contribution < -0.4 is 19.9 Å². The largest absolute Gasteiger partial charge is 0.493 e. The summed E-state index contributed by atoms with van der Waals surface area (Å²) in [5.74, 6) is 1.57. The van der Waals surface area contributed by atoms with Gasteiger partial charge >= 0.3 is 0 Å². The van der Waals surface area contributed by atoms with Gasteiger partial charge in [0.05, 0.1) is 27.0 Å². The molecule has 0 amide bonds. The SMILES string of the molecule is COc1cc(-c2cc(-c3cccnc3)nc(N)c2C#N)cc(OC)c1OC. The van der Waals surface area contributed by atoms with Crippen LogP contribution in [0, 0.1) is 11.3 Å². The van der Waals surface area contributed by atoms with Gasteiger partial charge in [-0.15, -0.1) is 0 Å². The van der Waals surface area contributed by atoms with Crippen molar-refractivity contribution in [2.45, 2.75) is 0 Å². The van der Waals surface area contributed by atoms with Crippen LogP contribution in [-0.2, 0) is 0 Å². The zero-order valence-corrected chi connectivity index (χ0v) is 15.2. The molecule has 0 bridgehead atoms. The number of nitriles is 1. The van der Waals surface area contributed by atoms with Crippen molar-refractivity contribution in [3.05, 3.63) is 48.3 Å². The van der Waals surface area contributed by atoms with E-state index in [1.54, 1.807) is 30.6 Å². The average molecular weight is 362 g/mol. The molecule has 0 saturated carbocycles. The molecule has 2 N–H and O–H groups in total. The van der Waals surface area contributed by atoms with Crippen molar-refractivity contribution in [1.82, 2.24) is 9.97 Å². The monoisotopic (exact) mass is 362 g/mol. The molecule has 2 heterocycles. The van der Waals surface area contributed by atoms with E-state index in [4.69, 9.17) is 19.9 Å². The van der Waals surface area contributed by atoms with Gasteiger partial charge in [0, 0.05) is 23.5 Å². The molecule has 7 nitrogen and oxygen atoms in total. The van der Waals surface area contributed by atoms with Gasteiger partial charge in [-0.25, -0.2) is 4.98 Å². The third-order valence-corrected chi connectivity index (χ3v) is 4.09. The van der Waals surface area contributed by atoms with Crippen LogP contribution in [0.3, 0.4) is 0 Å². The number of hydrogen-bond acceptors (Lipinski definition) is 7. The summed E-state index contributed by atoms with van der Waals surface area (Å²) in [6, 6.07) is 11.1. The molecule has 2 aromatic heterocycles. The van der Waals surface area contributed by atoms with E-state index >= 15 is 0 Å². The molecule has 0 unspecified atom stereocenters. The predicted octanol–water partition coefficient (Wildman–Crippen LogP) is 3.29. The van der Waals surface area contributed by atoms with Crippen molar-refractivity contribution in [2.24, 2.45) is 0 Å². The minimum atomic E-state index is 0.141. The summed E-state index contributed by atoms with van der Waals surface area (Å²) in [7, 11) is 4.61. The fourth-order valence-electron chi connectivity index (χ4n) is 2.81. The second-order valence-corrected chi connectivity index (χ2v) is 5.58. The van der Waals surface area contributed by atoms with Gasteiger partial charge in [-0.1, -0.05) is 0 Å². The van der Waals surface area contributed by atoms with Crippen LogP contribution in [-0.4, -0.2) is 31.3 Å². The standard InChI is InChI=1S/C20H18N4O3/c1-25-17-7-13(8-18(26-2)19(17)27-3)14-9-16(12-5-4-6-23-11-12)24-20(22)15(14)10-21/h4-9,11H,1-3H3,(H2,22,24). The second-order valence-electron chi connectivity index (χ2n) is 5.58. The van der Waals surface area contributed by atoms with E-state index in [9.17, 15) is 5.26 Å². The van der Waals surface area contributed by atoms with Crippen LogP contribution in [0.5, 0.6) is 17.2 Å². The number of methoxy groups -OCH3 is 3. The number of nitrogen functional groups attached to an aromatic ring is 1. The number of aromatic nitrogens is 2. The first kappa shape index (κ1) is 18.0. The third kappa shape index (κ3) is 3.33. The first-order valence-corrected chi connectivity index (χ1v) is 8.04. The molecule has 0 radical (unpaired) electrons. The van der Waals surface area contributed by atoms with Gasteiger partial charge in [0.15, 0.2) is 11.5 Å². The van der Waals surface area contributed by atoms with Crippen molar-refractivity contribution >= 4 is 5.82 Å². The Morgan fingerprint density at radius 1 is 1.00 bits per heavy atom. The zero-order chi connectivity index (χ0) is 19.4. The van der Waals surface area contributed by atoms with Crippen LogP contribution >= 0.6 is 0 Å². The quantitative estimate of drug-likeness (QED) is 0.743. The van der Waals surface area contributed by atoms with Crippen LogP contribution in [0.15, 0.2) is 42.7 Å². The van der Waals surface area contributed by atoms with E-state index in [0.29, 0.717) is 34.1 Å². The molecular formula is C20H18N4O3. The topological polar surface area (TPSA) is 103 Å². The number of hydrogen-bond donors (Lipinski definition) is 1. The number of pyridine rings is 2. The highest BCUT2D eigenvalue weighted by Crippen LogP contribution is 2.42. The Balaban J connectivity index is 2.28. The molecule has 7 heteroatoms. The maximum atomic E-state index is 9.61. The van der Waals surface area contributed by atoms with Gasteiger partial charge in [-0.2, -0.15) is 5.26 Å². The normalized spacial score (nSPS) is 10.1. The van der Waals surface area contributed by atoms with Crippen molar-refractivity contribution < 1.29 is 14.2 Å². The van der Waals surface area contributed by atoms with Gasteiger partial charge in [0.2, 0.25) is 5.75 Å². The molecule has 0 spiro atoms. The fraction of sp³-hybridized carbons (Fsp3) is 0.150. The number of anilines is 1. The molecule has 3 rings (SSSR count). The molecule has 0 aliphatic rings. The molecule has 0 aliphatic carbocycles. The minimum Gasteiger partial charge on any atom is -0.493 e. The fourth-order valence-corrected chi connectivity index (χ4v) is 2.81. The number of ether oxygens (including phenoxy) is 3. The van der Waals surface area contributed by atoms with E-state index in [1.165, 1.54) is 21.3 Å². The van der Waals surface area contributed by atoms with E-state index < -0.39 is 0 Å². The molecule has 0 aliphatic heterocycles. The van der Waals surface area contributed by atoms with Gasteiger partial charge in [-0.3, -0.25) is 4.98 Å². The van der Waals surface area contributed by atoms with Gasteiger partial charge in [0.1, 0.15) is 17.5 Å². The predicted molar refractivity (Wildman–Crippen MR) is 102 cm³/mol. The van der Waals surface area contributed by atoms with Crippen LogP contribution in [0.25, 0.3) is 22.4 Å². The highest BCUT2D eigenvalue weighted by molar-refractivity contribution is 5.82. The second kappa shape index (κ2) is 7.62. The maximum absolute atomic E-state index is 9.61. The van der Waals surface area contributed by atoms with E-state index in [2.05, 4.69) is 16.0 Å². The van der Waals surface area contributed by atoms with Crippen LogP contribution in [0.1, 0.15) is 5.56 Å². The summed E-state index contributed by atoms with van der Waals surface area (Å²) in [4.78, 5) is 8.46. The number of nitrogens with zero attached hydrogens (tertiary/aromatic N) is 3. The lowest BCUT2D eigenvalue weighted by Crippen LogP contribution is -2.01. The number of nitrogens with two attached hydrogens (primary N) is 1. The Kier molecular flexibility index (Phi) is 5.08. The highest BCUT2D eigenvalue weighted by atomic mass is 16.5. The lowest BCUT2D eigenvalue weighted by Gasteiger charge is -2.16. The summed E-state index contributed by atoms with van der Waals surface area (Å²) in [6.45, 7) is 0. The van der Waals surface area contributed by atoms with Crippen molar-refractivity contribution in [3.8, 4) is 45.7 Å². The molecule has 1 aromatic carbocycles. The van der Waals surface area contributed by atoms with Crippen LogP contribution in [0.4, 0.5) is 5.82 Å². The summed E-state index contributed by atoms with van der Waals surface area (Å²) >= 11 is 0. The van der Waals surface area contributed by atoms with E-state index in [-0.39, 0.29) is 11.4 Å². The first-order valence-electron chi connectivity index (χ1n) is 8.04. The summed E-state index contributed by atoms with van der Waals surface area (Å²) in [5.41, 5.74) is 9.06. The Hall–Kier alpha value is -3.79. The summed E-state index contributed by atoms with van der Waals surface area (Å²) in [6.07, 6.45) is 3.36. The van der Waals surface area contributed by atoms with Crippen molar-refractivity contribution in [3.63, 3.8) is 0 Å². The first-order chi connectivity index (χ1) is 13.1. The lowest BCUT2D eigenvalue weighted by molar-refractivity contribution is 0.324. The lowest BCUT2D eigenvalue weighted by atomic mass is 9.98. The maximum Gasteiger partial charge on any atom is 0.203 e. The van der Waals surface area contributed by atoms with Gasteiger partial charge < -0.3 is 19.9 Å².